The van der Waals surface area contributed by atoms with Gasteiger partial charge in [0, 0.05) is 41.1 Å². The highest BCUT2D eigenvalue weighted by atomic mass is 32.2. The number of thioether (sulfide) groups is 1. The van der Waals surface area contributed by atoms with E-state index in [1.807, 2.05) is 30.3 Å². The van der Waals surface area contributed by atoms with Crippen LogP contribution in [0.15, 0.2) is 94.4 Å². The molecule has 0 unspecified atom stereocenters. The van der Waals surface area contributed by atoms with Crippen molar-refractivity contribution in [2.45, 2.75) is 37.6 Å². The van der Waals surface area contributed by atoms with E-state index in [2.05, 4.69) is 71.0 Å². The zero-order valence-corrected chi connectivity index (χ0v) is 27.8. The lowest BCUT2D eigenvalue weighted by Crippen LogP contribution is -2.36. The maximum absolute atomic E-state index is 11.5. The summed E-state index contributed by atoms with van der Waals surface area (Å²) in [6.07, 6.45) is 5.43. The molecular weight excluding hydrogens is 649 g/mol. The topological polar surface area (TPSA) is 119 Å². The Bertz CT molecular complexity index is 2210. The molecule has 0 spiro atoms. The van der Waals surface area contributed by atoms with Crippen LogP contribution in [0.5, 0.6) is 0 Å². The highest BCUT2D eigenvalue weighted by Gasteiger charge is 2.28. The predicted octanol–water partition coefficient (Wildman–Crippen LogP) is 6.96. The maximum Gasteiger partial charge on any atom is 0.264 e. The molecule has 8 nitrogen and oxygen atoms in total. The SMILES string of the molecule is CCC(/C=C1\Sc2c(ccc3ccccc23)N1CCCS(=O)(=O)O)=C\c1sc2c3ccccc3ccc2[n+]1CCCS(=O)(=O)[O-]. The summed E-state index contributed by atoms with van der Waals surface area (Å²) in [4.78, 5) is 3.22. The predicted molar refractivity (Wildman–Crippen MR) is 183 cm³/mol. The first-order chi connectivity index (χ1) is 21.5. The van der Waals surface area contributed by atoms with Crippen LogP contribution in [0.4, 0.5) is 5.69 Å². The van der Waals surface area contributed by atoms with E-state index in [1.165, 1.54) is 0 Å². The smallest absolute Gasteiger partial charge is 0.264 e. The Morgan fingerprint density at radius 3 is 2.31 bits per heavy atom. The number of aryl methyl sites for hydroxylation is 1. The lowest BCUT2D eigenvalue weighted by atomic mass is 10.1. The molecule has 0 saturated carbocycles. The van der Waals surface area contributed by atoms with Gasteiger partial charge in [-0.05, 0) is 52.8 Å². The van der Waals surface area contributed by atoms with E-state index in [0.29, 0.717) is 19.5 Å². The van der Waals surface area contributed by atoms with Gasteiger partial charge in [-0.25, -0.2) is 8.42 Å². The van der Waals surface area contributed by atoms with Crippen LogP contribution >= 0.6 is 23.1 Å². The third-order valence-corrected chi connectivity index (χ3v) is 11.8. The lowest BCUT2D eigenvalue weighted by molar-refractivity contribution is -0.668. The first-order valence-electron chi connectivity index (χ1n) is 14.6. The number of benzene rings is 4. The quantitative estimate of drug-likeness (QED) is 0.118. The molecule has 2 heterocycles. The highest BCUT2D eigenvalue weighted by molar-refractivity contribution is 8.04. The van der Waals surface area contributed by atoms with Crippen molar-refractivity contribution in [3.8, 4) is 0 Å². The maximum atomic E-state index is 11.5. The van der Waals surface area contributed by atoms with Crippen LogP contribution in [-0.2, 0) is 26.8 Å². The Balaban J connectivity index is 1.43. The fourth-order valence-electron chi connectivity index (χ4n) is 5.70. The molecule has 6 rings (SSSR count). The standard InChI is InChI=1S/C33H32N2O6S4/c1-2-23(21-30-34(17-7-19-44(36,37)38)28-15-13-24-9-3-5-11-26(24)32(28)42-30)22-31-35(18-8-20-45(39,40)41)29-16-14-25-10-4-6-12-27(25)33(29)43-31/h3-6,9-16,21-22H,2,7-8,17-20H2,1H3,(H-,36,37,38,39,40,41). The summed E-state index contributed by atoms with van der Waals surface area (Å²) in [5.41, 5.74) is 3.02. The van der Waals surface area contributed by atoms with Crippen molar-refractivity contribution in [1.82, 2.24) is 0 Å². The summed E-state index contributed by atoms with van der Waals surface area (Å²) in [5, 5.41) is 6.37. The van der Waals surface area contributed by atoms with Gasteiger partial charge in [0.15, 0.2) is 6.54 Å². The number of nitrogens with zero attached hydrogens (tertiary/aromatic N) is 2. The molecule has 1 aliphatic rings. The summed E-state index contributed by atoms with van der Waals surface area (Å²) < 4.78 is 69.8. The second-order valence-electron chi connectivity index (χ2n) is 10.9. The average molecular weight is 681 g/mol. The number of fused-ring (bicyclic) bond motifs is 6. The van der Waals surface area contributed by atoms with Gasteiger partial charge in [0.2, 0.25) is 5.52 Å². The first kappa shape index (κ1) is 31.7. The summed E-state index contributed by atoms with van der Waals surface area (Å²) in [7, 11) is -8.42. The van der Waals surface area contributed by atoms with Crippen LogP contribution in [0.2, 0.25) is 0 Å². The van der Waals surface area contributed by atoms with Crippen molar-refractivity contribution < 1.29 is 30.5 Å². The van der Waals surface area contributed by atoms with Gasteiger partial charge in [-0.1, -0.05) is 84.6 Å². The molecule has 234 valence electrons. The van der Waals surface area contributed by atoms with Crippen LogP contribution in [0.25, 0.3) is 37.8 Å². The van der Waals surface area contributed by atoms with Gasteiger partial charge in [0.1, 0.15) is 4.70 Å². The van der Waals surface area contributed by atoms with E-state index in [-0.39, 0.29) is 18.6 Å². The molecule has 0 bridgehead atoms. The third-order valence-electron chi connectivity index (χ3n) is 7.83. The molecule has 12 heteroatoms. The Morgan fingerprint density at radius 1 is 0.911 bits per heavy atom. The Morgan fingerprint density at radius 2 is 1.60 bits per heavy atom. The van der Waals surface area contributed by atoms with Gasteiger partial charge in [-0.3, -0.25) is 4.55 Å². The van der Waals surface area contributed by atoms with Gasteiger partial charge in [0.25, 0.3) is 15.1 Å². The van der Waals surface area contributed by atoms with Crippen LogP contribution in [0, 0.1) is 0 Å². The summed E-state index contributed by atoms with van der Waals surface area (Å²) >= 11 is 3.28. The van der Waals surface area contributed by atoms with E-state index < -0.39 is 26.0 Å². The molecule has 0 saturated heterocycles. The van der Waals surface area contributed by atoms with Crippen molar-refractivity contribution in [3.05, 3.63) is 94.5 Å². The minimum atomic E-state index is -4.33. The van der Waals surface area contributed by atoms with E-state index in [1.54, 1.807) is 23.1 Å². The van der Waals surface area contributed by atoms with Gasteiger partial charge < -0.3 is 9.45 Å². The van der Waals surface area contributed by atoms with Crippen LogP contribution < -0.4 is 9.47 Å². The molecule has 5 aromatic rings. The molecule has 45 heavy (non-hydrogen) atoms. The summed E-state index contributed by atoms with van der Waals surface area (Å²) in [6.45, 7) is 2.87. The molecule has 1 aromatic heterocycles. The molecular formula is C33H32N2O6S4. The number of thiazole rings is 1. The molecule has 0 aliphatic carbocycles. The van der Waals surface area contributed by atoms with Gasteiger partial charge >= 0.3 is 0 Å². The summed E-state index contributed by atoms with van der Waals surface area (Å²) in [5.74, 6) is -0.754. The number of rotatable bonds is 11. The van der Waals surface area contributed by atoms with Gasteiger partial charge in [-0.15, -0.1) is 0 Å². The van der Waals surface area contributed by atoms with E-state index in [9.17, 15) is 25.9 Å². The number of hydrogen-bond acceptors (Lipinski definition) is 8. The normalized spacial score (nSPS) is 15.1. The van der Waals surface area contributed by atoms with E-state index in [4.69, 9.17) is 0 Å². The van der Waals surface area contributed by atoms with Crippen molar-refractivity contribution in [2.75, 3.05) is 23.0 Å². The second kappa shape index (κ2) is 12.9. The Labute approximate surface area is 271 Å². The minimum absolute atomic E-state index is 0.207. The van der Waals surface area contributed by atoms with Gasteiger partial charge in [0.05, 0.1) is 26.6 Å². The molecule has 1 N–H and O–H groups in total. The minimum Gasteiger partial charge on any atom is -0.748 e. The molecule has 4 aromatic carbocycles. The van der Waals surface area contributed by atoms with Gasteiger partial charge in [-0.2, -0.15) is 13.0 Å². The van der Waals surface area contributed by atoms with E-state index in [0.717, 1.165) is 58.0 Å². The molecule has 0 radical (unpaired) electrons. The van der Waals surface area contributed by atoms with Crippen molar-refractivity contribution in [2.24, 2.45) is 0 Å². The monoisotopic (exact) mass is 680 g/mol. The largest absolute Gasteiger partial charge is 0.748 e. The second-order valence-corrected chi connectivity index (χ2v) is 16.1. The molecule has 1 aliphatic heterocycles. The third kappa shape index (κ3) is 7.11. The van der Waals surface area contributed by atoms with Crippen molar-refractivity contribution >= 4 is 86.9 Å². The van der Waals surface area contributed by atoms with Crippen molar-refractivity contribution in [3.63, 3.8) is 0 Å². The zero-order chi connectivity index (χ0) is 31.8. The van der Waals surface area contributed by atoms with E-state index >= 15 is 0 Å². The molecule has 0 fully saturated rings. The highest BCUT2D eigenvalue weighted by Crippen LogP contribution is 2.50. The zero-order valence-electron chi connectivity index (χ0n) is 24.5. The lowest BCUT2D eigenvalue weighted by Gasteiger charge is -2.20. The number of hydrogen-bond donors (Lipinski definition) is 1. The number of aromatic nitrogens is 1. The van der Waals surface area contributed by atoms with Crippen LogP contribution in [0.1, 0.15) is 31.2 Å². The summed E-state index contributed by atoms with van der Waals surface area (Å²) in [6, 6.07) is 24.5. The average Bonchev–Trinajstić information content (AvgIpc) is 3.53. The van der Waals surface area contributed by atoms with Crippen LogP contribution in [0.3, 0.4) is 0 Å². The fraction of sp³-hybridized carbons (Fsp3) is 0.242. The molecule has 0 atom stereocenters. The van der Waals surface area contributed by atoms with Crippen molar-refractivity contribution in [1.29, 1.82) is 0 Å². The first-order valence-corrected chi connectivity index (χ1v) is 19.4. The number of allylic oxidation sites excluding steroid dienone is 2. The van der Waals surface area contributed by atoms with Crippen LogP contribution in [-0.4, -0.2) is 44.0 Å². The number of anilines is 1. The fourth-order valence-corrected chi connectivity index (χ4v) is 9.28. The molecule has 0 amide bonds. The Hall–Kier alpha value is -3.26. The Kier molecular flexibility index (Phi) is 9.06.